The van der Waals surface area contributed by atoms with Gasteiger partial charge >= 0.3 is 6.03 Å². The van der Waals surface area contributed by atoms with Gasteiger partial charge in [0.25, 0.3) is 0 Å². The van der Waals surface area contributed by atoms with Crippen molar-refractivity contribution in [2.24, 2.45) is 5.92 Å². The van der Waals surface area contributed by atoms with Gasteiger partial charge in [-0.2, -0.15) is 0 Å². The topological polar surface area (TPSA) is 58.1 Å². The minimum Gasteiger partial charge on any atom is -0.325 e. The number of urea groups is 1. The zero-order chi connectivity index (χ0) is 13.7. The molecular weight excluding hydrogens is 240 g/mol. The highest BCUT2D eigenvalue weighted by atomic mass is 16.2. The molecule has 0 saturated heterocycles. The second-order valence-corrected chi connectivity index (χ2v) is 5.27. The summed E-state index contributed by atoms with van der Waals surface area (Å²) in [6.45, 7) is 2.13. The summed E-state index contributed by atoms with van der Waals surface area (Å²) in [6.07, 6.45) is 9.42. The predicted molar refractivity (Wildman–Crippen MR) is 74.9 cm³/mol. The van der Waals surface area contributed by atoms with Gasteiger partial charge in [0, 0.05) is 19.3 Å². The summed E-state index contributed by atoms with van der Waals surface area (Å²) in [7, 11) is 1.86. The van der Waals surface area contributed by atoms with Crippen LogP contribution in [0.4, 0.5) is 10.6 Å². The fourth-order valence-corrected chi connectivity index (χ4v) is 2.68. The lowest BCUT2D eigenvalue weighted by atomic mass is 9.84. The molecule has 1 heterocycles. The summed E-state index contributed by atoms with van der Waals surface area (Å²) in [4.78, 5) is 21.8. The molecule has 1 aliphatic rings. The number of aromatic nitrogens is 2. The van der Waals surface area contributed by atoms with Gasteiger partial charge in [-0.05, 0) is 31.7 Å². The van der Waals surface area contributed by atoms with Crippen molar-refractivity contribution in [3.05, 3.63) is 18.6 Å². The first-order valence-corrected chi connectivity index (χ1v) is 6.98. The van der Waals surface area contributed by atoms with Crippen LogP contribution < -0.4 is 5.32 Å². The van der Waals surface area contributed by atoms with Crippen molar-refractivity contribution in [2.75, 3.05) is 12.4 Å². The lowest BCUT2D eigenvalue weighted by Crippen LogP contribution is -2.42. The third-order valence-corrected chi connectivity index (χ3v) is 4.08. The summed E-state index contributed by atoms with van der Waals surface area (Å²) < 4.78 is 0. The van der Waals surface area contributed by atoms with Crippen LogP contribution in [0.3, 0.4) is 0 Å². The van der Waals surface area contributed by atoms with E-state index in [9.17, 15) is 4.79 Å². The number of rotatable bonds is 3. The molecule has 1 aromatic rings. The maximum Gasteiger partial charge on any atom is 0.323 e. The van der Waals surface area contributed by atoms with Gasteiger partial charge in [0.1, 0.15) is 12.1 Å². The van der Waals surface area contributed by atoms with Crippen LogP contribution in [-0.2, 0) is 0 Å². The van der Waals surface area contributed by atoms with Gasteiger partial charge in [-0.1, -0.05) is 19.3 Å². The minimum atomic E-state index is -0.100. The van der Waals surface area contributed by atoms with Crippen LogP contribution in [0.2, 0.25) is 0 Å². The Balaban J connectivity index is 1.90. The van der Waals surface area contributed by atoms with Crippen LogP contribution in [-0.4, -0.2) is 34.0 Å². The van der Waals surface area contributed by atoms with Crippen molar-refractivity contribution >= 4 is 11.8 Å². The van der Waals surface area contributed by atoms with Crippen molar-refractivity contribution in [1.82, 2.24) is 14.9 Å². The summed E-state index contributed by atoms with van der Waals surface area (Å²) in [6, 6.07) is 1.86. The SMILES string of the molecule is C[C@H](C1CCCCC1)N(C)C(=O)Nc1ccncn1. The average molecular weight is 262 g/mol. The summed E-state index contributed by atoms with van der Waals surface area (Å²) in [5, 5.41) is 2.80. The van der Waals surface area contributed by atoms with E-state index < -0.39 is 0 Å². The quantitative estimate of drug-likeness (QED) is 0.911. The largest absolute Gasteiger partial charge is 0.325 e. The molecule has 0 radical (unpaired) electrons. The number of hydrogen-bond donors (Lipinski definition) is 1. The normalized spacial score (nSPS) is 17.8. The van der Waals surface area contributed by atoms with E-state index in [0.717, 1.165) is 0 Å². The highest BCUT2D eigenvalue weighted by Gasteiger charge is 2.25. The highest BCUT2D eigenvalue weighted by Crippen LogP contribution is 2.28. The Bertz CT molecular complexity index is 403. The maximum atomic E-state index is 12.2. The zero-order valence-corrected chi connectivity index (χ0v) is 11.7. The first-order valence-electron chi connectivity index (χ1n) is 6.98. The molecule has 2 amide bonds. The molecule has 5 heteroatoms. The number of nitrogens with zero attached hydrogens (tertiary/aromatic N) is 3. The van der Waals surface area contributed by atoms with Crippen molar-refractivity contribution in [1.29, 1.82) is 0 Å². The average Bonchev–Trinajstić information content (AvgIpc) is 2.47. The fraction of sp³-hybridized carbons (Fsp3) is 0.643. The van der Waals surface area contributed by atoms with E-state index in [1.165, 1.54) is 38.4 Å². The Morgan fingerprint density at radius 1 is 1.42 bits per heavy atom. The second kappa shape index (κ2) is 6.50. The molecule has 5 nitrogen and oxygen atoms in total. The van der Waals surface area contributed by atoms with Gasteiger partial charge in [-0.25, -0.2) is 14.8 Å². The molecule has 1 atom stereocenters. The molecule has 0 unspecified atom stereocenters. The standard InChI is InChI=1S/C14H22N4O/c1-11(12-6-4-3-5-7-12)18(2)14(19)17-13-8-9-15-10-16-13/h8-12H,3-7H2,1-2H3,(H,15,16,17,19)/t11-/m1/s1. The first-order chi connectivity index (χ1) is 9.18. The lowest BCUT2D eigenvalue weighted by Gasteiger charge is -2.34. The van der Waals surface area contributed by atoms with E-state index in [4.69, 9.17) is 0 Å². The van der Waals surface area contributed by atoms with Crippen molar-refractivity contribution in [3.63, 3.8) is 0 Å². The molecule has 0 spiro atoms. The fourth-order valence-electron chi connectivity index (χ4n) is 2.68. The molecule has 19 heavy (non-hydrogen) atoms. The molecule has 1 aromatic heterocycles. The lowest BCUT2D eigenvalue weighted by molar-refractivity contribution is 0.167. The highest BCUT2D eigenvalue weighted by molar-refractivity contribution is 5.88. The molecule has 1 aliphatic carbocycles. The van der Waals surface area contributed by atoms with Crippen LogP contribution >= 0.6 is 0 Å². The van der Waals surface area contributed by atoms with Crippen LogP contribution in [0, 0.1) is 5.92 Å². The summed E-state index contributed by atoms with van der Waals surface area (Å²) in [5.41, 5.74) is 0. The Labute approximate surface area is 114 Å². The monoisotopic (exact) mass is 262 g/mol. The van der Waals surface area contributed by atoms with E-state index >= 15 is 0 Å². The number of carbonyl (C=O) groups excluding carboxylic acids is 1. The molecule has 0 bridgehead atoms. The van der Waals surface area contributed by atoms with E-state index in [0.29, 0.717) is 11.7 Å². The molecular formula is C14H22N4O. The van der Waals surface area contributed by atoms with Crippen molar-refractivity contribution in [3.8, 4) is 0 Å². The number of nitrogens with one attached hydrogen (secondary N) is 1. The summed E-state index contributed by atoms with van der Waals surface area (Å²) in [5.74, 6) is 1.16. The van der Waals surface area contributed by atoms with Gasteiger partial charge in [0.15, 0.2) is 0 Å². The molecule has 0 aliphatic heterocycles. The minimum absolute atomic E-state index is 0.100. The Kier molecular flexibility index (Phi) is 4.71. The van der Waals surface area contributed by atoms with Crippen LogP contribution in [0.25, 0.3) is 0 Å². The Morgan fingerprint density at radius 3 is 2.79 bits per heavy atom. The van der Waals surface area contributed by atoms with Gasteiger partial charge < -0.3 is 4.90 Å². The third kappa shape index (κ3) is 3.66. The molecule has 1 N–H and O–H groups in total. The van der Waals surface area contributed by atoms with E-state index in [1.54, 1.807) is 17.2 Å². The maximum absolute atomic E-state index is 12.2. The Morgan fingerprint density at radius 2 is 2.16 bits per heavy atom. The van der Waals surface area contributed by atoms with E-state index in [2.05, 4.69) is 22.2 Å². The van der Waals surface area contributed by atoms with Crippen molar-refractivity contribution in [2.45, 2.75) is 45.1 Å². The third-order valence-electron chi connectivity index (χ3n) is 4.08. The molecule has 1 saturated carbocycles. The van der Waals surface area contributed by atoms with Crippen molar-refractivity contribution < 1.29 is 4.79 Å². The van der Waals surface area contributed by atoms with Gasteiger partial charge in [-0.15, -0.1) is 0 Å². The first kappa shape index (κ1) is 13.8. The smallest absolute Gasteiger partial charge is 0.323 e. The molecule has 1 fully saturated rings. The molecule has 0 aromatic carbocycles. The number of amides is 2. The van der Waals surface area contributed by atoms with Crippen LogP contribution in [0.1, 0.15) is 39.0 Å². The van der Waals surface area contributed by atoms with Gasteiger partial charge in [-0.3, -0.25) is 5.32 Å². The van der Waals surface area contributed by atoms with E-state index in [1.807, 2.05) is 7.05 Å². The van der Waals surface area contributed by atoms with Gasteiger partial charge in [0.2, 0.25) is 0 Å². The number of anilines is 1. The van der Waals surface area contributed by atoms with E-state index in [-0.39, 0.29) is 12.1 Å². The summed E-state index contributed by atoms with van der Waals surface area (Å²) >= 11 is 0. The van der Waals surface area contributed by atoms with Crippen LogP contribution in [0.5, 0.6) is 0 Å². The number of carbonyl (C=O) groups is 1. The van der Waals surface area contributed by atoms with Crippen LogP contribution in [0.15, 0.2) is 18.6 Å². The molecule has 2 rings (SSSR count). The number of hydrogen-bond acceptors (Lipinski definition) is 3. The predicted octanol–water partition coefficient (Wildman–Crippen LogP) is 2.91. The molecule has 104 valence electrons. The second-order valence-electron chi connectivity index (χ2n) is 5.27. The Hall–Kier alpha value is -1.65. The van der Waals surface area contributed by atoms with Gasteiger partial charge in [0.05, 0.1) is 0 Å². The zero-order valence-electron chi connectivity index (χ0n) is 11.7.